The molecule has 1 N–H and O–H groups in total. The maximum atomic E-state index is 12.3. The van der Waals surface area contributed by atoms with Crippen LogP contribution in [0.15, 0.2) is 23.1 Å². The van der Waals surface area contributed by atoms with Crippen LogP contribution in [0.25, 0.3) is 0 Å². The van der Waals surface area contributed by atoms with E-state index in [9.17, 15) is 8.42 Å². The van der Waals surface area contributed by atoms with E-state index in [1.54, 1.807) is 13.0 Å². The van der Waals surface area contributed by atoms with E-state index in [1.807, 2.05) is 13.0 Å². The molecule has 0 radical (unpaired) electrons. The van der Waals surface area contributed by atoms with E-state index in [1.165, 1.54) is 12.1 Å². The maximum absolute atomic E-state index is 12.3. The molecule has 0 amide bonds. The quantitative estimate of drug-likeness (QED) is 0.834. The largest absolute Gasteiger partial charge is 0.302 e. The standard InChI is InChI=1S/C15H23N3O2S/c1-5-18(6-2)11-13(4)17-21(19,20)15-8-7-14(10-16)12(3)9-15/h7-9,13,17H,5-6,11H2,1-4H3. The van der Waals surface area contributed by atoms with Crippen LogP contribution in [-0.2, 0) is 10.0 Å². The average molecular weight is 309 g/mol. The summed E-state index contributed by atoms with van der Waals surface area (Å²) in [5.74, 6) is 0. The zero-order chi connectivity index (χ0) is 16.0. The third kappa shape index (κ3) is 4.81. The van der Waals surface area contributed by atoms with Crippen LogP contribution in [0.4, 0.5) is 0 Å². The van der Waals surface area contributed by atoms with E-state index in [2.05, 4.69) is 23.5 Å². The SMILES string of the molecule is CCN(CC)CC(C)NS(=O)(=O)c1ccc(C#N)c(C)c1. The molecule has 0 bridgehead atoms. The molecule has 1 aromatic carbocycles. The van der Waals surface area contributed by atoms with Gasteiger partial charge in [-0.1, -0.05) is 13.8 Å². The molecule has 0 aliphatic heterocycles. The first-order valence-corrected chi connectivity index (χ1v) is 8.57. The molecule has 0 saturated heterocycles. The lowest BCUT2D eigenvalue weighted by Crippen LogP contribution is -2.41. The molecule has 0 aliphatic carbocycles. The fourth-order valence-corrected chi connectivity index (χ4v) is 3.49. The van der Waals surface area contributed by atoms with Crippen LogP contribution in [0, 0.1) is 18.3 Å². The Hall–Kier alpha value is -1.42. The van der Waals surface area contributed by atoms with Crippen molar-refractivity contribution in [2.45, 2.75) is 38.6 Å². The van der Waals surface area contributed by atoms with Crippen molar-refractivity contribution in [1.29, 1.82) is 5.26 Å². The Morgan fingerprint density at radius 1 is 1.33 bits per heavy atom. The summed E-state index contributed by atoms with van der Waals surface area (Å²) in [6, 6.07) is 6.40. The average Bonchev–Trinajstić information content (AvgIpc) is 2.44. The van der Waals surface area contributed by atoms with E-state index >= 15 is 0 Å². The fourth-order valence-electron chi connectivity index (χ4n) is 2.17. The first-order valence-electron chi connectivity index (χ1n) is 7.09. The number of aryl methyl sites for hydroxylation is 1. The monoisotopic (exact) mass is 309 g/mol. The lowest BCUT2D eigenvalue weighted by Gasteiger charge is -2.23. The van der Waals surface area contributed by atoms with Gasteiger partial charge in [-0.05, 0) is 50.7 Å². The number of benzene rings is 1. The predicted octanol–water partition coefficient (Wildman–Crippen LogP) is 1.88. The maximum Gasteiger partial charge on any atom is 0.240 e. The molecule has 1 rings (SSSR count). The number of nitrogens with zero attached hydrogens (tertiary/aromatic N) is 2. The van der Waals surface area contributed by atoms with Crippen LogP contribution in [-0.4, -0.2) is 39.0 Å². The Kier molecular flexibility index (Phi) is 6.34. The summed E-state index contributed by atoms with van der Waals surface area (Å²) in [4.78, 5) is 2.36. The van der Waals surface area contributed by atoms with Crippen molar-refractivity contribution < 1.29 is 8.42 Å². The highest BCUT2D eigenvalue weighted by Crippen LogP contribution is 2.15. The van der Waals surface area contributed by atoms with Gasteiger partial charge in [0, 0.05) is 12.6 Å². The predicted molar refractivity (Wildman–Crippen MR) is 83.5 cm³/mol. The van der Waals surface area contributed by atoms with Crippen LogP contribution >= 0.6 is 0 Å². The van der Waals surface area contributed by atoms with Gasteiger partial charge in [-0.25, -0.2) is 13.1 Å². The second-order valence-corrected chi connectivity index (χ2v) is 6.81. The van der Waals surface area contributed by atoms with Gasteiger partial charge in [0.15, 0.2) is 0 Å². The minimum Gasteiger partial charge on any atom is -0.302 e. The number of rotatable bonds is 7. The van der Waals surface area contributed by atoms with Gasteiger partial charge in [0.25, 0.3) is 0 Å². The molecule has 116 valence electrons. The highest BCUT2D eigenvalue weighted by molar-refractivity contribution is 7.89. The summed E-state index contributed by atoms with van der Waals surface area (Å²) in [6.45, 7) is 10.1. The van der Waals surface area contributed by atoms with Crippen molar-refractivity contribution in [3.05, 3.63) is 29.3 Å². The third-order valence-corrected chi connectivity index (χ3v) is 5.00. The Balaban J connectivity index is 2.87. The molecule has 5 nitrogen and oxygen atoms in total. The Morgan fingerprint density at radius 3 is 2.43 bits per heavy atom. The summed E-state index contributed by atoms with van der Waals surface area (Å²) >= 11 is 0. The second-order valence-electron chi connectivity index (χ2n) is 5.10. The first-order chi connectivity index (χ1) is 9.83. The highest BCUT2D eigenvalue weighted by atomic mass is 32.2. The molecule has 1 atom stereocenters. The second kappa shape index (κ2) is 7.55. The number of hydrogen-bond donors (Lipinski definition) is 1. The van der Waals surface area contributed by atoms with E-state index < -0.39 is 10.0 Å². The zero-order valence-electron chi connectivity index (χ0n) is 13.0. The molecule has 1 aromatic rings. The Morgan fingerprint density at radius 2 is 1.95 bits per heavy atom. The van der Waals surface area contributed by atoms with Gasteiger partial charge in [-0.15, -0.1) is 0 Å². The van der Waals surface area contributed by atoms with Gasteiger partial charge in [0.2, 0.25) is 10.0 Å². The number of hydrogen-bond acceptors (Lipinski definition) is 4. The summed E-state index contributed by atoms with van der Waals surface area (Å²) in [5.41, 5.74) is 1.15. The fraction of sp³-hybridized carbons (Fsp3) is 0.533. The summed E-state index contributed by atoms with van der Waals surface area (Å²) in [6.07, 6.45) is 0. The molecule has 6 heteroatoms. The zero-order valence-corrected chi connectivity index (χ0v) is 13.9. The molecule has 0 heterocycles. The molecule has 0 aromatic heterocycles. The van der Waals surface area contributed by atoms with Gasteiger partial charge in [0.1, 0.15) is 0 Å². The number of nitriles is 1. The van der Waals surface area contributed by atoms with Gasteiger partial charge in [-0.2, -0.15) is 5.26 Å². The van der Waals surface area contributed by atoms with Crippen LogP contribution < -0.4 is 4.72 Å². The highest BCUT2D eigenvalue weighted by Gasteiger charge is 2.19. The summed E-state index contributed by atoms with van der Waals surface area (Å²) in [5, 5.41) is 8.89. The Bertz CT molecular complexity index is 616. The Labute approximate surface area is 127 Å². The van der Waals surface area contributed by atoms with E-state index in [0.717, 1.165) is 13.1 Å². The molecule has 0 aliphatic rings. The first kappa shape index (κ1) is 17.6. The summed E-state index contributed by atoms with van der Waals surface area (Å²) in [7, 11) is -3.56. The van der Waals surface area contributed by atoms with Crippen LogP contribution in [0.3, 0.4) is 0 Å². The van der Waals surface area contributed by atoms with Gasteiger partial charge < -0.3 is 4.90 Å². The third-order valence-electron chi connectivity index (χ3n) is 3.41. The summed E-state index contributed by atoms with van der Waals surface area (Å²) < 4.78 is 27.4. The van der Waals surface area contributed by atoms with Crippen molar-refractivity contribution in [1.82, 2.24) is 9.62 Å². The van der Waals surface area contributed by atoms with Crippen molar-refractivity contribution in [3.63, 3.8) is 0 Å². The number of sulfonamides is 1. The molecule has 0 spiro atoms. The van der Waals surface area contributed by atoms with Crippen molar-refractivity contribution in [3.8, 4) is 6.07 Å². The van der Waals surface area contributed by atoms with Crippen LogP contribution in [0.2, 0.25) is 0 Å². The lowest BCUT2D eigenvalue weighted by atomic mass is 10.1. The van der Waals surface area contributed by atoms with E-state index in [0.29, 0.717) is 17.7 Å². The molecule has 0 fully saturated rings. The smallest absolute Gasteiger partial charge is 0.240 e. The number of nitrogens with one attached hydrogen (secondary N) is 1. The van der Waals surface area contributed by atoms with Crippen molar-refractivity contribution in [2.24, 2.45) is 0 Å². The molecular formula is C15H23N3O2S. The normalized spacial score (nSPS) is 13.1. The molecule has 0 saturated carbocycles. The van der Waals surface area contributed by atoms with Gasteiger partial charge in [-0.3, -0.25) is 0 Å². The van der Waals surface area contributed by atoms with E-state index in [4.69, 9.17) is 5.26 Å². The molecular weight excluding hydrogens is 286 g/mol. The van der Waals surface area contributed by atoms with Crippen LogP contribution in [0.5, 0.6) is 0 Å². The van der Waals surface area contributed by atoms with Crippen LogP contribution in [0.1, 0.15) is 31.9 Å². The van der Waals surface area contributed by atoms with Crippen molar-refractivity contribution >= 4 is 10.0 Å². The van der Waals surface area contributed by atoms with Crippen molar-refractivity contribution in [2.75, 3.05) is 19.6 Å². The minimum atomic E-state index is -3.56. The van der Waals surface area contributed by atoms with E-state index in [-0.39, 0.29) is 10.9 Å². The number of likely N-dealkylation sites (N-methyl/N-ethyl adjacent to an activating group) is 1. The van der Waals surface area contributed by atoms with Gasteiger partial charge in [0.05, 0.1) is 16.5 Å². The molecule has 21 heavy (non-hydrogen) atoms. The topological polar surface area (TPSA) is 73.2 Å². The lowest BCUT2D eigenvalue weighted by molar-refractivity contribution is 0.282. The minimum absolute atomic E-state index is 0.175. The molecule has 1 unspecified atom stereocenters. The van der Waals surface area contributed by atoms with Gasteiger partial charge >= 0.3 is 0 Å².